The van der Waals surface area contributed by atoms with Gasteiger partial charge in [0.25, 0.3) is 11.8 Å². The first kappa shape index (κ1) is 46.0. The van der Waals surface area contributed by atoms with Gasteiger partial charge in [-0.2, -0.15) is 0 Å². The summed E-state index contributed by atoms with van der Waals surface area (Å²) in [5, 5.41) is 5.23. The number of hydrogen-bond donors (Lipinski definition) is 2. The summed E-state index contributed by atoms with van der Waals surface area (Å²) in [5.41, 5.74) is 4.21. The van der Waals surface area contributed by atoms with Gasteiger partial charge in [0.1, 0.15) is 29.3 Å². The summed E-state index contributed by atoms with van der Waals surface area (Å²) in [5.74, 6) is 7.30. The molecule has 1 aromatic heterocycles. The lowest BCUT2D eigenvalue weighted by Crippen LogP contribution is -2.55. The van der Waals surface area contributed by atoms with E-state index in [9.17, 15) is 24.0 Å². The number of fused-ring (bicyclic) bond motifs is 2. The molecule has 15 nitrogen and oxygen atoms in total. The van der Waals surface area contributed by atoms with Crippen LogP contribution in [0.2, 0.25) is 0 Å². The Kier molecular flexibility index (Phi) is 15.9. The van der Waals surface area contributed by atoms with Crippen LogP contribution in [-0.2, 0) is 36.8 Å². The number of piperidine rings is 1. The maximum absolute atomic E-state index is 13.3. The molecule has 0 bridgehead atoms. The first-order valence-electron chi connectivity index (χ1n) is 21.5. The molecule has 1 unspecified atom stereocenters. The molecule has 3 aromatic rings. The molecule has 16 heteroatoms. The number of halogens is 1. The van der Waals surface area contributed by atoms with Crippen LogP contribution in [0.1, 0.15) is 114 Å². The molecule has 1 saturated heterocycles. The lowest BCUT2D eigenvalue weighted by Gasteiger charge is -2.43. The topological polar surface area (TPSA) is 173 Å². The number of likely N-dealkylation sites (N-methyl/N-ethyl adjacent to an activating group) is 1. The number of anilines is 2. The smallest absolute Gasteiger partial charge is 0.255 e. The largest absolute Gasteiger partial charge is 0.496 e. The highest BCUT2D eigenvalue weighted by molar-refractivity contribution is 6.06. The van der Waals surface area contributed by atoms with Gasteiger partial charge in [-0.25, -0.2) is 9.97 Å². The van der Waals surface area contributed by atoms with Crippen molar-refractivity contribution in [2.24, 2.45) is 0 Å². The Morgan fingerprint density at radius 3 is 2.55 bits per heavy atom. The number of nitrogens with zero attached hydrogens (tertiary/aromatic N) is 5. The third-order valence-corrected chi connectivity index (χ3v) is 11.9. The van der Waals surface area contributed by atoms with Crippen molar-refractivity contribution in [2.45, 2.75) is 102 Å². The van der Waals surface area contributed by atoms with E-state index in [1.165, 1.54) is 4.90 Å². The molecule has 1 saturated carbocycles. The number of amides is 5. The Hall–Kier alpha value is -5.56. The Labute approximate surface area is 369 Å². The Morgan fingerprint density at radius 1 is 1.00 bits per heavy atom. The van der Waals surface area contributed by atoms with Crippen LogP contribution in [0.15, 0.2) is 42.6 Å². The molecular weight excluding hydrogens is 814 g/mol. The van der Waals surface area contributed by atoms with E-state index in [1.807, 2.05) is 12.1 Å². The molecule has 5 amide bonds. The standard InChI is InChI=1S/C46H55N7O8.ClH/c1-4-36-46(58)51(2)38-28-48-40(49-42(38)53(36)33-14-8-9-15-33)27-31-17-18-32(26-39(31)59-3)43(55)47-21-23-61-25-24-60-22-10-6-5-7-12-30-13-11-16-34-35(30)29-52(45(34)57)37-19-20-41(54)50-44(37)56;/h11,13,16-18,26,28,33,36-37H,4-6,8-10,14-15,19-25,27,29H2,1-3H3,(H,47,55)(H,50,54,56);1H/t36-,37?;/m1./s1. The van der Waals surface area contributed by atoms with Gasteiger partial charge in [-0.1, -0.05) is 43.7 Å². The Balaban J connectivity index is 0.00000641. The minimum Gasteiger partial charge on any atom is -0.496 e. The quantitative estimate of drug-likeness (QED) is 0.109. The first-order chi connectivity index (χ1) is 29.7. The summed E-state index contributed by atoms with van der Waals surface area (Å²) in [7, 11) is 3.37. The van der Waals surface area contributed by atoms with E-state index in [2.05, 4.69) is 39.3 Å². The number of aromatic nitrogens is 2. The van der Waals surface area contributed by atoms with Gasteiger partial charge in [0, 0.05) is 74.3 Å². The van der Waals surface area contributed by atoms with Crippen LogP contribution in [0, 0.1) is 11.8 Å². The summed E-state index contributed by atoms with van der Waals surface area (Å²) < 4.78 is 17.1. The van der Waals surface area contributed by atoms with Crippen molar-refractivity contribution in [1.29, 1.82) is 0 Å². The van der Waals surface area contributed by atoms with Gasteiger partial charge in [-0.3, -0.25) is 29.3 Å². The molecule has 4 heterocycles. The Bertz CT molecular complexity index is 2200. The fraction of sp³-hybridized carbons (Fsp3) is 0.500. The van der Waals surface area contributed by atoms with Crippen LogP contribution in [0.4, 0.5) is 11.5 Å². The van der Waals surface area contributed by atoms with Gasteiger partial charge in [0.05, 0.1) is 33.1 Å². The number of rotatable bonds is 17. The molecule has 0 spiro atoms. The SMILES string of the molecule is CC[C@@H]1C(=O)N(C)c2cnc(Cc3ccc(C(=O)NCCOCCOCCCCC#Cc4cccc5c4CN(C4CCC(=O)NC4=O)C5=O)cc3OC)nc2N1C1CCCC1.Cl. The second-order valence-electron chi connectivity index (χ2n) is 15.8. The summed E-state index contributed by atoms with van der Waals surface area (Å²) >= 11 is 0. The third-order valence-electron chi connectivity index (χ3n) is 11.9. The molecule has 2 aromatic carbocycles. The normalized spacial score (nSPS) is 18.5. The average Bonchev–Trinajstić information content (AvgIpc) is 3.92. The summed E-state index contributed by atoms with van der Waals surface area (Å²) in [4.78, 5) is 78.3. The van der Waals surface area contributed by atoms with Crippen LogP contribution in [0.3, 0.4) is 0 Å². The number of nitrogens with one attached hydrogen (secondary N) is 2. The predicted octanol–water partition coefficient (Wildman–Crippen LogP) is 4.75. The molecule has 3 aliphatic heterocycles. The molecule has 0 radical (unpaired) electrons. The van der Waals surface area contributed by atoms with Crippen LogP contribution in [0.5, 0.6) is 5.75 Å². The van der Waals surface area contributed by atoms with Crippen molar-refractivity contribution in [3.63, 3.8) is 0 Å². The van der Waals surface area contributed by atoms with Crippen LogP contribution >= 0.6 is 12.4 Å². The number of methoxy groups -OCH3 is 1. The van der Waals surface area contributed by atoms with Gasteiger partial charge in [0.2, 0.25) is 17.7 Å². The van der Waals surface area contributed by atoms with Crippen molar-refractivity contribution in [2.75, 3.05) is 56.9 Å². The highest BCUT2D eigenvalue weighted by Crippen LogP contribution is 2.40. The number of ether oxygens (including phenoxy) is 3. The molecule has 2 atom stereocenters. The summed E-state index contributed by atoms with van der Waals surface area (Å²) in [6, 6.07) is 10.2. The van der Waals surface area contributed by atoms with Crippen molar-refractivity contribution in [3.8, 4) is 17.6 Å². The zero-order valence-corrected chi connectivity index (χ0v) is 36.5. The number of carbonyl (C=O) groups excluding carboxylic acids is 5. The van der Waals surface area contributed by atoms with Gasteiger partial charge < -0.3 is 34.2 Å². The van der Waals surface area contributed by atoms with Gasteiger partial charge in [-0.05, 0) is 68.4 Å². The van der Waals surface area contributed by atoms with E-state index < -0.39 is 11.9 Å². The molecule has 4 aliphatic rings. The van der Waals surface area contributed by atoms with E-state index in [0.29, 0.717) is 87.9 Å². The molecule has 62 heavy (non-hydrogen) atoms. The highest BCUT2D eigenvalue weighted by Gasteiger charge is 2.42. The fourth-order valence-electron chi connectivity index (χ4n) is 8.64. The molecule has 1 aliphatic carbocycles. The summed E-state index contributed by atoms with van der Waals surface area (Å²) in [6.45, 7) is 4.45. The number of imide groups is 1. The van der Waals surface area contributed by atoms with Crippen LogP contribution in [0.25, 0.3) is 0 Å². The minimum absolute atomic E-state index is 0. The number of unbranched alkanes of at least 4 members (excludes halogenated alkanes) is 2. The maximum atomic E-state index is 13.3. The lowest BCUT2D eigenvalue weighted by atomic mass is 10.0. The van der Waals surface area contributed by atoms with Gasteiger partial charge >= 0.3 is 0 Å². The Morgan fingerprint density at radius 2 is 1.79 bits per heavy atom. The first-order valence-corrected chi connectivity index (χ1v) is 21.5. The van der Waals surface area contributed by atoms with E-state index in [1.54, 1.807) is 49.5 Å². The van der Waals surface area contributed by atoms with E-state index in [-0.39, 0.29) is 54.5 Å². The summed E-state index contributed by atoms with van der Waals surface area (Å²) in [6.07, 6.45) is 10.2. The zero-order valence-electron chi connectivity index (χ0n) is 35.7. The maximum Gasteiger partial charge on any atom is 0.255 e. The number of benzene rings is 2. The average molecular weight is 870 g/mol. The number of carbonyl (C=O) groups is 5. The molecular formula is C46H56ClN7O8. The predicted molar refractivity (Wildman–Crippen MR) is 234 cm³/mol. The lowest BCUT2D eigenvalue weighted by molar-refractivity contribution is -0.137. The monoisotopic (exact) mass is 869 g/mol. The minimum atomic E-state index is -0.652. The fourth-order valence-corrected chi connectivity index (χ4v) is 8.64. The molecule has 7 rings (SSSR count). The van der Waals surface area contributed by atoms with Crippen molar-refractivity contribution < 1.29 is 38.2 Å². The van der Waals surface area contributed by atoms with Crippen LogP contribution in [-0.4, -0.2) is 110 Å². The van der Waals surface area contributed by atoms with E-state index in [4.69, 9.17) is 19.2 Å². The molecule has 330 valence electrons. The van der Waals surface area contributed by atoms with Crippen LogP contribution < -0.4 is 25.2 Å². The van der Waals surface area contributed by atoms with E-state index in [0.717, 1.165) is 66.7 Å². The zero-order chi connectivity index (χ0) is 42.9. The second-order valence-corrected chi connectivity index (χ2v) is 15.8. The third kappa shape index (κ3) is 10.4. The highest BCUT2D eigenvalue weighted by atomic mass is 35.5. The van der Waals surface area contributed by atoms with Gasteiger partial charge in [-0.15, -0.1) is 12.4 Å². The molecule has 2 fully saturated rings. The van der Waals surface area contributed by atoms with Crippen molar-refractivity contribution in [1.82, 2.24) is 25.5 Å². The molecule has 2 N–H and O–H groups in total. The second kappa shape index (κ2) is 21.5. The van der Waals surface area contributed by atoms with E-state index >= 15 is 0 Å². The van der Waals surface area contributed by atoms with Crippen molar-refractivity contribution >= 4 is 53.4 Å². The number of hydrogen-bond acceptors (Lipinski definition) is 11. The van der Waals surface area contributed by atoms with Gasteiger partial charge in [0.15, 0.2) is 5.82 Å². The van der Waals surface area contributed by atoms with Crippen molar-refractivity contribution in [3.05, 3.63) is 76.2 Å².